The molecule has 0 saturated heterocycles. The van der Waals surface area contributed by atoms with Gasteiger partial charge >= 0.3 is 0 Å². The van der Waals surface area contributed by atoms with Gasteiger partial charge in [-0.05, 0) is 41.5 Å². The summed E-state index contributed by atoms with van der Waals surface area (Å²) in [6.07, 6.45) is 0. The van der Waals surface area contributed by atoms with Crippen LogP contribution >= 0.6 is 11.3 Å². The van der Waals surface area contributed by atoms with Crippen LogP contribution in [0, 0.1) is 0 Å². The van der Waals surface area contributed by atoms with Gasteiger partial charge in [0.15, 0.2) is 34.9 Å². The molecule has 8 heteroatoms. The standard InChI is InChI=1S/C54H32N6OS/c1-4-16-33(17-5-1)49-55-50(34-18-6-2-7-19-34)59-54(58-49)43-32-36(30-31-37(43)39-24-15-29-46-47(39)41-23-11-13-28-45(41)62-46)52-56-51(35-20-8-3-9-21-35)57-53(60-52)42-26-14-25-40-38-22-10-12-27-44(38)61-48(40)42/h1-32H. The molecule has 0 atom stereocenters. The normalized spacial score (nSPS) is 11.5. The minimum absolute atomic E-state index is 0.509. The van der Waals surface area contributed by atoms with E-state index in [4.69, 9.17) is 34.3 Å². The Morgan fingerprint density at radius 1 is 0.306 bits per heavy atom. The van der Waals surface area contributed by atoms with Gasteiger partial charge in [-0.3, -0.25) is 0 Å². The van der Waals surface area contributed by atoms with Gasteiger partial charge in [0, 0.05) is 58.8 Å². The van der Waals surface area contributed by atoms with Crippen molar-refractivity contribution in [1.82, 2.24) is 29.9 Å². The van der Waals surface area contributed by atoms with Gasteiger partial charge in [0.1, 0.15) is 11.2 Å². The molecular weight excluding hydrogens is 781 g/mol. The molecule has 4 aromatic heterocycles. The second-order valence-corrected chi connectivity index (χ2v) is 16.1. The zero-order valence-electron chi connectivity index (χ0n) is 33.0. The van der Waals surface area contributed by atoms with Gasteiger partial charge in [-0.25, -0.2) is 29.9 Å². The number of furan rings is 1. The molecule has 0 amide bonds. The van der Waals surface area contributed by atoms with Crippen molar-refractivity contribution in [2.75, 3.05) is 0 Å². The van der Waals surface area contributed by atoms with Crippen LogP contribution in [-0.4, -0.2) is 29.9 Å². The molecule has 12 rings (SSSR count). The Morgan fingerprint density at radius 2 is 0.790 bits per heavy atom. The highest BCUT2D eigenvalue weighted by Crippen LogP contribution is 2.44. The second kappa shape index (κ2) is 14.8. The summed E-state index contributed by atoms with van der Waals surface area (Å²) >= 11 is 1.80. The van der Waals surface area contributed by atoms with E-state index in [-0.39, 0.29) is 0 Å². The monoisotopic (exact) mass is 812 g/mol. The highest BCUT2D eigenvalue weighted by molar-refractivity contribution is 7.25. The Morgan fingerprint density at radius 3 is 1.45 bits per heavy atom. The van der Waals surface area contributed by atoms with E-state index in [1.165, 1.54) is 20.2 Å². The SMILES string of the molecule is c1ccc(-c2nc(-c3ccccc3)nc(-c3cc(-c4nc(-c5ccccc5)nc(-c5cccc6c5oc5ccccc56)n4)ccc3-c3cccc4sc5ccccc5c34)n2)cc1. The molecule has 0 saturated carbocycles. The third-order valence-electron chi connectivity index (χ3n) is 11.2. The lowest BCUT2D eigenvalue weighted by Gasteiger charge is -2.15. The molecule has 0 N–H and O–H groups in total. The number of aromatic nitrogens is 6. The highest BCUT2D eigenvalue weighted by Gasteiger charge is 2.22. The quantitative estimate of drug-likeness (QED) is 0.158. The lowest BCUT2D eigenvalue weighted by Crippen LogP contribution is -2.03. The maximum atomic E-state index is 6.50. The van der Waals surface area contributed by atoms with E-state index < -0.39 is 0 Å². The van der Waals surface area contributed by atoms with Crippen LogP contribution in [0.15, 0.2) is 199 Å². The summed E-state index contributed by atoms with van der Waals surface area (Å²) in [7, 11) is 0. The number of hydrogen-bond donors (Lipinski definition) is 0. The first-order chi connectivity index (χ1) is 30.7. The molecule has 12 aromatic rings. The van der Waals surface area contributed by atoms with E-state index in [0.29, 0.717) is 34.9 Å². The fourth-order valence-corrected chi connectivity index (χ4v) is 9.43. The van der Waals surface area contributed by atoms with Gasteiger partial charge in [0.05, 0.1) is 5.56 Å². The van der Waals surface area contributed by atoms with E-state index >= 15 is 0 Å². The van der Waals surface area contributed by atoms with Crippen LogP contribution in [0.25, 0.3) is 122 Å². The van der Waals surface area contributed by atoms with Crippen molar-refractivity contribution in [3.63, 3.8) is 0 Å². The van der Waals surface area contributed by atoms with Gasteiger partial charge < -0.3 is 4.42 Å². The molecule has 0 aliphatic heterocycles. The van der Waals surface area contributed by atoms with E-state index in [9.17, 15) is 0 Å². The molecule has 8 aromatic carbocycles. The van der Waals surface area contributed by atoms with E-state index in [1.807, 2.05) is 121 Å². The zero-order valence-corrected chi connectivity index (χ0v) is 33.8. The summed E-state index contributed by atoms with van der Waals surface area (Å²) in [5.74, 6) is 3.27. The van der Waals surface area contributed by atoms with Crippen molar-refractivity contribution in [2.45, 2.75) is 0 Å². The van der Waals surface area contributed by atoms with E-state index in [1.54, 1.807) is 11.3 Å². The highest BCUT2D eigenvalue weighted by atomic mass is 32.1. The Hall–Kier alpha value is -8.20. The number of hydrogen-bond acceptors (Lipinski definition) is 8. The maximum absolute atomic E-state index is 6.50. The lowest BCUT2D eigenvalue weighted by molar-refractivity contribution is 0.669. The average molecular weight is 813 g/mol. The molecule has 0 fully saturated rings. The largest absolute Gasteiger partial charge is 0.455 e. The summed E-state index contributed by atoms with van der Waals surface area (Å²) in [6, 6.07) is 65.9. The molecule has 0 aliphatic rings. The third kappa shape index (κ3) is 6.20. The molecule has 0 unspecified atom stereocenters. The first kappa shape index (κ1) is 35.7. The molecule has 0 spiro atoms. The van der Waals surface area contributed by atoms with Crippen LogP contribution in [0.3, 0.4) is 0 Å². The van der Waals surface area contributed by atoms with Crippen LogP contribution in [0.5, 0.6) is 0 Å². The fourth-order valence-electron chi connectivity index (χ4n) is 8.30. The van der Waals surface area contributed by atoms with Crippen molar-refractivity contribution in [3.8, 4) is 79.5 Å². The van der Waals surface area contributed by atoms with Gasteiger partial charge in [-0.1, -0.05) is 164 Å². The molecule has 0 bridgehead atoms. The van der Waals surface area contributed by atoms with Gasteiger partial charge in [-0.2, -0.15) is 0 Å². The summed E-state index contributed by atoms with van der Waals surface area (Å²) in [6.45, 7) is 0. The third-order valence-corrected chi connectivity index (χ3v) is 12.4. The topological polar surface area (TPSA) is 90.5 Å². The van der Waals surface area contributed by atoms with Crippen LogP contribution in [0.4, 0.5) is 0 Å². The Bertz CT molecular complexity index is 3580. The molecule has 290 valence electrons. The van der Waals surface area contributed by atoms with Crippen molar-refractivity contribution >= 4 is 53.4 Å². The molecule has 0 radical (unpaired) electrons. The summed E-state index contributed by atoms with van der Waals surface area (Å²) < 4.78 is 8.94. The Labute approximate surface area is 359 Å². The second-order valence-electron chi connectivity index (χ2n) is 15.0. The summed E-state index contributed by atoms with van der Waals surface area (Å²) in [5, 5.41) is 4.44. The first-order valence-corrected chi connectivity index (χ1v) is 21.2. The zero-order chi connectivity index (χ0) is 41.0. The molecule has 0 aliphatic carbocycles. The predicted octanol–water partition coefficient (Wildman–Crippen LogP) is 14.0. The van der Waals surface area contributed by atoms with E-state index in [2.05, 4.69) is 72.8 Å². The van der Waals surface area contributed by atoms with Crippen molar-refractivity contribution in [2.24, 2.45) is 0 Å². The number of nitrogens with zero attached hydrogens (tertiary/aromatic N) is 6. The number of para-hydroxylation sites is 2. The van der Waals surface area contributed by atoms with Gasteiger partial charge in [-0.15, -0.1) is 11.3 Å². The molecule has 62 heavy (non-hydrogen) atoms. The average Bonchev–Trinajstić information content (AvgIpc) is 3.93. The summed E-state index contributed by atoms with van der Waals surface area (Å²) in [4.78, 5) is 31.0. The van der Waals surface area contributed by atoms with Crippen LogP contribution in [0.2, 0.25) is 0 Å². The number of rotatable bonds is 7. The molecule has 4 heterocycles. The minimum Gasteiger partial charge on any atom is -0.455 e. The smallest absolute Gasteiger partial charge is 0.167 e. The van der Waals surface area contributed by atoms with Crippen LogP contribution in [-0.2, 0) is 0 Å². The lowest BCUT2D eigenvalue weighted by atomic mass is 9.93. The predicted molar refractivity (Wildman–Crippen MR) is 251 cm³/mol. The number of benzene rings is 8. The van der Waals surface area contributed by atoms with Crippen LogP contribution < -0.4 is 0 Å². The van der Waals surface area contributed by atoms with Crippen LogP contribution in [0.1, 0.15) is 0 Å². The number of fused-ring (bicyclic) bond motifs is 6. The summed E-state index contributed by atoms with van der Waals surface area (Å²) in [5.41, 5.74) is 8.66. The van der Waals surface area contributed by atoms with E-state index in [0.717, 1.165) is 66.4 Å². The molecular formula is C54H32N6OS. The van der Waals surface area contributed by atoms with Gasteiger partial charge in [0.25, 0.3) is 0 Å². The Balaban J connectivity index is 1.13. The van der Waals surface area contributed by atoms with Crippen molar-refractivity contribution in [1.29, 1.82) is 0 Å². The minimum atomic E-state index is 0.509. The first-order valence-electron chi connectivity index (χ1n) is 20.4. The van der Waals surface area contributed by atoms with Gasteiger partial charge in [0.2, 0.25) is 0 Å². The van der Waals surface area contributed by atoms with Crippen molar-refractivity contribution < 1.29 is 4.42 Å². The Kier molecular flexibility index (Phi) is 8.53. The maximum Gasteiger partial charge on any atom is 0.167 e. The fraction of sp³-hybridized carbons (Fsp3) is 0. The van der Waals surface area contributed by atoms with Crippen molar-refractivity contribution in [3.05, 3.63) is 194 Å². The molecule has 7 nitrogen and oxygen atoms in total. The number of thiophene rings is 1.